The third kappa shape index (κ3) is 9.83. The van der Waals surface area contributed by atoms with Crippen molar-refractivity contribution in [2.75, 3.05) is 37.1 Å². The fourth-order valence-corrected chi connectivity index (χ4v) is 2.37. The van der Waals surface area contributed by atoms with Gasteiger partial charge in [0.2, 0.25) is 11.8 Å². The number of hydrogen-bond acceptors (Lipinski definition) is 8. The second-order valence-corrected chi connectivity index (χ2v) is 6.46. The number of carbonyl (C=O) groups excluding carboxylic acids is 4. The highest BCUT2D eigenvalue weighted by Gasteiger charge is 2.08. The Morgan fingerprint density at radius 1 is 0.625 bits per heavy atom. The molecule has 0 aliphatic carbocycles. The van der Waals surface area contributed by atoms with Gasteiger partial charge >= 0.3 is 11.9 Å². The monoisotopic (exact) mass is 444 g/mol. The van der Waals surface area contributed by atoms with Crippen molar-refractivity contribution in [1.82, 2.24) is 0 Å². The first kappa shape index (κ1) is 24.5. The lowest BCUT2D eigenvalue weighted by atomic mass is 10.3. The summed E-state index contributed by atoms with van der Waals surface area (Å²) in [5.74, 6) is -0.959. The van der Waals surface area contributed by atoms with E-state index in [0.717, 1.165) is 0 Å². The third-order valence-electron chi connectivity index (χ3n) is 3.62. The van der Waals surface area contributed by atoms with Crippen molar-refractivity contribution in [1.29, 1.82) is 0 Å². The van der Waals surface area contributed by atoms with Crippen LogP contribution in [0.25, 0.3) is 0 Å². The van der Waals surface area contributed by atoms with Crippen LogP contribution in [-0.2, 0) is 28.7 Å². The molecule has 0 saturated heterocycles. The van der Waals surface area contributed by atoms with Gasteiger partial charge in [0.05, 0.1) is 13.2 Å². The van der Waals surface area contributed by atoms with Gasteiger partial charge < -0.3 is 29.6 Å². The fraction of sp³-hybridized carbons (Fsp3) is 0.273. The first-order valence-corrected chi connectivity index (χ1v) is 9.64. The van der Waals surface area contributed by atoms with Crippen molar-refractivity contribution in [2.24, 2.45) is 0 Å². The van der Waals surface area contributed by atoms with Gasteiger partial charge in [-0.3, -0.25) is 9.59 Å². The maximum atomic E-state index is 11.7. The first-order chi connectivity index (χ1) is 15.3. The molecule has 0 heterocycles. The van der Waals surface area contributed by atoms with Crippen LogP contribution in [-0.4, -0.2) is 50.2 Å². The Kier molecular flexibility index (Phi) is 9.82. The van der Waals surface area contributed by atoms with E-state index >= 15 is 0 Å². The average molecular weight is 444 g/mol. The van der Waals surface area contributed by atoms with Crippen molar-refractivity contribution >= 4 is 35.1 Å². The predicted molar refractivity (Wildman–Crippen MR) is 114 cm³/mol. The van der Waals surface area contributed by atoms with Crippen molar-refractivity contribution in [3.63, 3.8) is 0 Å². The molecule has 2 amide bonds. The minimum absolute atomic E-state index is 0.0786. The fourth-order valence-electron chi connectivity index (χ4n) is 2.37. The van der Waals surface area contributed by atoms with Crippen LogP contribution in [0.2, 0.25) is 0 Å². The van der Waals surface area contributed by atoms with E-state index in [1.165, 1.54) is 13.8 Å². The van der Waals surface area contributed by atoms with Crippen LogP contribution >= 0.6 is 0 Å². The molecule has 0 saturated carbocycles. The van der Waals surface area contributed by atoms with Crippen LogP contribution < -0.4 is 20.1 Å². The van der Waals surface area contributed by atoms with E-state index in [0.29, 0.717) is 22.9 Å². The summed E-state index contributed by atoms with van der Waals surface area (Å²) in [6.45, 7) is 2.37. The van der Waals surface area contributed by atoms with Crippen molar-refractivity contribution in [2.45, 2.75) is 13.8 Å². The quantitative estimate of drug-likeness (QED) is 0.306. The van der Waals surface area contributed by atoms with Crippen LogP contribution in [0.5, 0.6) is 11.5 Å². The zero-order valence-corrected chi connectivity index (χ0v) is 17.7. The molecule has 0 fully saturated rings. The minimum atomic E-state index is -0.598. The maximum absolute atomic E-state index is 11.7. The van der Waals surface area contributed by atoms with E-state index in [4.69, 9.17) is 18.9 Å². The average Bonchev–Trinajstić information content (AvgIpc) is 2.73. The van der Waals surface area contributed by atoms with E-state index < -0.39 is 11.9 Å². The lowest BCUT2D eigenvalue weighted by Gasteiger charge is -2.08. The van der Waals surface area contributed by atoms with Gasteiger partial charge in [0.25, 0.3) is 0 Å². The Labute approximate surface area is 184 Å². The van der Waals surface area contributed by atoms with Gasteiger partial charge in [-0.05, 0) is 48.5 Å². The Bertz CT molecular complexity index is 848. The standard InChI is InChI=1S/C22H24N2O8/c1-15(25)23-17-3-7-19(8-4-17)31-21(27)13-29-11-12-30-14-22(28)32-20-9-5-18(6-10-20)24-16(2)26/h3-10H,11-14H2,1-2H3,(H,23,25)(H,24,26). The summed E-state index contributed by atoms with van der Waals surface area (Å²) in [5.41, 5.74) is 1.18. The van der Waals surface area contributed by atoms with E-state index in [9.17, 15) is 19.2 Å². The highest BCUT2D eigenvalue weighted by atomic mass is 16.6. The van der Waals surface area contributed by atoms with Gasteiger partial charge in [-0.2, -0.15) is 0 Å². The molecular formula is C22H24N2O8. The molecule has 32 heavy (non-hydrogen) atoms. The molecule has 0 aliphatic rings. The number of hydrogen-bond donors (Lipinski definition) is 2. The molecule has 170 valence electrons. The highest BCUT2D eigenvalue weighted by molar-refractivity contribution is 5.89. The van der Waals surface area contributed by atoms with E-state index in [1.807, 2.05) is 0 Å². The third-order valence-corrected chi connectivity index (χ3v) is 3.62. The molecular weight excluding hydrogens is 420 g/mol. The normalized spacial score (nSPS) is 10.2. The van der Waals surface area contributed by atoms with Gasteiger partial charge in [0.15, 0.2) is 0 Å². The summed E-state index contributed by atoms with van der Waals surface area (Å²) >= 11 is 0. The zero-order chi connectivity index (χ0) is 23.3. The van der Waals surface area contributed by atoms with Gasteiger partial charge in [-0.25, -0.2) is 9.59 Å². The van der Waals surface area contributed by atoms with Crippen molar-refractivity contribution in [3.05, 3.63) is 48.5 Å². The van der Waals surface area contributed by atoms with Gasteiger partial charge in [-0.15, -0.1) is 0 Å². The summed E-state index contributed by atoms with van der Waals surface area (Å²) < 4.78 is 20.5. The largest absolute Gasteiger partial charge is 0.425 e. The topological polar surface area (TPSA) is 129 Å². The minimum Gasteiger partial charge on any atom is -0.425 e. The lowest BCUT2D eigenvalue weighted by Crippen LogP contribution is -2.20. The number of anilines is 2. The van der Waals surface area contributed by atoms with Crippen LogP contribution in [0.3, 0.4) is 0 Å². The van der Waals surface area contributed by atoms with Crippen molar-refractivity contribution in [3.8, 4) is 11.5 Å². The number of nitrogens with one attached hydrogen (secondary N) is 2. The Morgan fingerprint density at radius 3 is 1.28 bits per heavy atom. The van der Waals surface area contributed by atoms with Crippen LogP contribution in [0.4, 0.5) is 11.4 Å². The predicted octanol–water partition coefficient (Wildman–Crippen LogP) is 2.15. The molecule has 2 N–H and O–H groups in total. The smallest absolute Gasteiger partial charge is 0.337 e. The molecule has 0 atom stereocenters. The summed E-state index contributed by atoms with van der Waals surface area (Å²) in [6.07, 6.45) is 0. The molecule has 10 nitrogen and oxygen atoms in total. The van der Waals surface area contributed by atoms with Gasteiger partial charge in [0.1, 0.15) is 24.7 Å². The molecule has 0 spiro atoms. The second kappa shape index (κ2) is 12.8. The van der Waals surface area contributed by atoms with E-state index in [1.54, 1.807) is 48.5 Å². The van der Waals surface area contributed by atoms with E-state index in [-0.39, 0.29) is 38.2 Å². The highest BCUT2D eigenvalue weighted by Crippen LogP contribution is 2.16. The van der Waals surface area contributed by atoms with Crippen LogP contribution in [0.1, 0.15) is 13.8 Å². The number of ether oxygens (including phenoxy) is 4. The molecule has 10 heteroatoms. The molecule has 2 aromatic rings. The molecule has 0 bridgehead atoms. The van der Waals surface area contributed by atoms with Crippen LogP contribution in [0.15, 0.2) is 48.5 Å². The summed E-state index contributed by atoms with van der Waals surface area (Å²) in [5, 5.41) is 5.21. The SMILES string of the molecule is CC(=O)Nc1ccc(OC(=O)COCCOCC(=O)Oc2ccc(NC(C)=O)cc2)cc1. The Balaban J connectivity index is 1.56. The first-order valence-electron chi connectivity index (χ1n) is 9.64. The number of benzene rings is 2. The van der Waals surface area contributed by atoms with Gasteiger partial charge in [-0.1, -0.05) is 0 Å². The zero-order valence-electron chi connectivity index (χ0n) is 17.7. The molecule has 0 aromatic heterocycles. The Hall–Kier alpha value is -3.76. The van der Waals surface area contributed by atoms with E-state index in [2.05, 4.69) is 10.6 Å². The van der Waals surface area contributed by atoms with Gasteiger partial charge in [0, 0.05) is 25.2 Å². The Morgan fingerprint density at radius 2 is 0.969 bits per heavy atom. The number of rotatable bonds is 11. The summed E-state index contributed by atoms with van der Waals surface area (Å²) in [4.78, 5) is 45.4. The molecule has 2 aromatic carbocycles. The summed E-state index contributed by atoms with van der Waals surface area (Å²) in [6, 6.07) is 12.6. The van der Waals surface area contributed by atoms with Crippen LogP contribution in [0, 0.1) is 0 Å². The van der Waals surface area contributed by atoms with Crippen molar-refractivity contribution < 1.29 is 38.1 Å². The number of esters is 2. The molecule has 0 radical (unpaired) electrons. The molecule has 2 rings (SSSR count). The number of amides is 2. The summed E-state index contributed by atoms with van der Waals surface area (Å²) in [7, 11) is 0. The lowest BCUT2D eigenvalue weighted by molar-refractivity contribution is -0.143. The maximum Gasteiger partial charge on any atom is 0.337 e. The molecule has 0 aliphatic heterocycles. The second-order valence-electron chi connectivity index (χ2n) is 6.46. The molecule has 0 unspecified atom stereocenters. The number of carbonyl (C=O) groups is 4.